The zero-order valence-electron chi connectivity index (χ0n) is 18.1. The molecular weight excluding hydrogens is 454 g/mol. The van der Waals surface area contributed by atoms with Crippen molar-refractivity contribution in [1.29, 1.82) is 0 Å². The van der Waals surface area contributed by atoms with Gasteiger partial charge >= 0.3 is 0 Å². The fourth-order valence-corrected chi connectivity index (χ4v) is 5.48. The average molecular weight is 482 g/mol. The van der Waals surface area contributed by atoms with Gasteiger partial charge in [0.25, 0.3) is 20.2 Å². The molecule has 1 aliphatic heterocycles. The number of carbonyl (C=O) groups excluding carboxylic acids is 1. The van der Waals surface area contributed by atoms with Gasteiger partial charge in [0.1, 0.15) is 0 Å². The molecular formula is C22H27NO7S2. The zero-order chi connectivity index (χ0) is 23.5. The molecule has 8 nitrogen and oxygen atoms in total. The van der Waals surface area contributed by atoms with Gasteiger partial charge in [0, 0.05) is 24.3 Å². The van der Waals surface area contributed by atoms with Gasteiger partial charge in [-0.1, -0.05) is 42.3 Å². The van der Waals surface area contributed by atoms with Gasteiger partial charge in [0.05, 0.1) is 23.0 Å². The predicted molar refractivity (Wildman–Crippen MR) is 118 cm³/mol. The van der Waals surface area contributed by atoms with E-state index in [1.165, 1.54) is 24.3 Å². The van der Waals surface area contributed by atoms with Crippen LogP contribution in [0.4, 0.5) is 0 Å². The van der Waals surface area contributed by atoms with Crippen molar-refractivity contribution in [2.24, 2.45) is 11.8 Å². The van der Waals surface area contributed by atoms with E-state index in [1.54, 1.807) is 31.2 Å². The molecule has 0 spiro atoms. The van der Waals surface area contributed by atoms with Crippen molar-refractivity contribution in [1.82, 2.24) is 5.32 Å². The van der Waals surface area contributed by atoms with Crippen molar-refractivity contribution in [2.45, 2.75) is 43.0 Å². The Labute approximate surface area is 189 Å². The second kappa shape index (κ2) is 9.70. The lowest BCUT2D eigenvalue weighted by Crippen LogP contribution is -2.39. The molecule has 0 bridgehead atoms. The van der Waals surface area contributed by atoms with E-state index in [0.717, 1.165) is 11.1 Å². The average Bonchev–Trinajstić information content (AvgIpc) is 3.12. The van der Waals surface area contributed by atoms with Gasteiger partial charge in [-0.15, -0.1) is 0 Å². The standard InChI is InChI=1S/C22H27NO7S2/c1-15-4-8-19(9-5-15)31(25,26)29-13-17(3)22-18(12-21(24)23-22)14-30-32(27,28)20-10-6-16(2)7-11-20/h4-11,17-18,22H,12-14H2,1-3H3,(H,23,24)/t17?,18-,22?/m0/s1. The van der Waals surface area contributed by atoms with Gasteiger partial charge in [-0.05, 0) is 38.1 Å². The van der Waals surface area contributed by atoms with Crippen LogP contribution in [-0.4, -0.2) is 42.0 Å². The quantitative estimate of drug-likeness (QED) is 0.547. The second-order valence-electron chi connectivity index (χ2n) is 8.14. The Morgan fingerprint density at radius 3 is 1.84 bits per heavy atom. The lowest BCUT2D eigenvalue weighted by Gasteiger charge is -2.24. The molecule has 3 rings (SSSR count). The lowest BCUT2D eigenvalue weighted by atomic mass is 9.92. The Hall–Kier alpha value is -2.27. The summed E-state index contributed by atoms with van der Waals surface area (Å²) in [6, 6.07) is 12.1. The molecule has 0 radical (unpaired) electrons. The highest BCUT2D eigenvalue weighted by molar-refractivity contribution is 7.87. The monoisotopic (exact) mass is 481 g/mol. The van der Waals surface area contributed by atoms with Gasteiger partial charge in [-0.25, -0.2) is 0 Å². The molecule has 10 heteroatoms. The van der Waals surface area contributed by atoms with E-state index in [-0.39, 0.29) is 35.3 Å². The maximum atomic E-state index is 12.5. The summed E-state index contributed by atoms with van der Waals surface area (Å²) < 4.78 is 60.2. The fraction of sp³-hybridized carbons (Fsp3) is 0.409. The number of amides is 1. The zero-order valence-corrected chi connectivity index (χ0v) is 19.8. The molecule has 0 aliphatic carbocycles. The van der Waals surface area contributed by atoms with E-state index in [4.69, 9.17) is 8.37 Å². The van der Waals surface area contributed by atoms with Crippen molar-refractivity contribution < 1.29 is 30.0 Å². The third-order valence-corrected chi connectivity index (χ3v) is 8.03. The minimum Gasteiger partial charge on any atom is -0.353 e. The number of aryl methyl sites for hydroxylation is 2. The molecule has 0 aromatic heterocycles. The highest BCUT2D eigenvalue weighted by Gasteiger charge is 2.38. The van der Waals surface area contributed by atoms with Crippen LogP contribution >= 0.6 is 0 Å². The Bertz CT molecular complexity index is 1160. The Kier molecular flexibility index (Phi) is 7.39. The molecule has 174 valence electrons. The summed E-state index contributed by atoms with van der Waals surface area (Å²) in [7, 11) is -7.92. The topological polar surface area (TPSA) is 116 Å². The molecule has 2 aromatic carbocycles. The van der Waals surface area contributed by atoms with Crippen LogP contribution in [0.3, 0.4) is 0 Å². The first kappa shape index (κ1) is 24.4. The number of hydrogen-bond acceptors (Lipinski definition) is 7. The number of benzene rings is 2. The number of hydrogen-bond donors (Lipinski definition) is 1. The van der Waals surface area contributed by atoms with Crippen molar-refractivity contribution in [3.8, 4) is 0 Å². The highest BCUT2D eigenvalue weighted by Crippen LogP contribution is 2.26. The fourth-order valence-electron chi connectivity index (χ4n) is 3.52. The predicted octanol–water partition coefficient (Wildman–Crippen LogP) is 2.56. The van der Waals surface area contributed by atoms with Crippen LogP contribution in [0, 0.1) is 25.7 Å². The highest BCUT2D eigenvalue weighted by atomic mass is 32.2. The molecule has 2 unspecified atom stereocenters. The van der Waals surface area contributed by atoms with E-state index < -0.39 is 38.1 Å². The van der Waals surface area contributed by atoms with E-state index in [2.05, 4.69) is 5.32 Å². The molecule has 1 amide bonds. The molecule has 1 N–H and O–H groups in total. The first-order valence-corrected chi connectivity index (χ1v) is 13.0. The van der Waals surface area contributed by atoms with Crippen LogP contribution < -0.4 is 5.32 Å². The van der Waals surface area contributed by atoms with E-state index in [0.29, 0.717) is 0 Å². The van der Waals surface area contributed by atoms with Crippen molar-refractivity contribution in [3.63, 3.8) is 0 Å². The summed E-state index contributed by atoms with van der Waals surface area (Å²) in [4.78, 5) is 12.1. The van der Waals surface area contributed by atoms with E-state index >= 15 is 0 Å². The molecule has 1 saturated heterocycles. The smallest absolute Gasteiger partial charge is 0.296 e. The Morgan fingerprint density at radius 1 is 0.875 bits per heavy atom. The summed E-state index contributed by atoms with van der Waals surface area (Å²) in [5, 5.41) is 2.78. The molecule has 1 fully saturated rings. The van der Waals surface area contributed by atoms with Crippen LogP contribution in [-0.2, 0) is 33.4 Å². The first-order chi connectivity index (χ1) is 15.0. The lowest BCUT2D eigenvalue weighted by molar-refractivity contribution is -0.119. The minimum absolute atomic E-state index is 0.0394. The summed E-state index contributed by atoms with van der Waals surface area (Å²) >= 11 is 0. The second-order valence-corrected chi connectivity index (χ2v) is 11.4. The van der Waals surface area contributed by atoms with E-state index in [1.807, 2.05) is 13.8 Å². The first-order valence-electron chi connectivity index (χ1n) is 10.2. The van der Waals surface area contributed by atoms with Crippen LogP contribution in [0.2, 0.25) is 0 Å². The molecule has 1 heterocycles. The van der Waals surface area contributed by atoms with Crippen molar-refractivity contribution in [3.05, 3.63) is 59.7 Å². The number of rotatable bonds is 9. The third kappa shape index (κ3) is 5.94. The molecule has 3 atom stereocenters. The molecule has 32 heavy (non-hydrogen) atoms. The van der Waals surface area contributed by atoms with Gasteiger partial charge in [0.2, 0.25) is 5.91 Å². The Balaban J connectivity index is 1.62. The van der Waals surface area contributed by atoms with E-state index in [9.17, 15) is 21.6 Å². The van der Waals surface area contributed by atoms with Gasteiger partial charge in [-0.3, -0.25) is 13.2 Å². The number of carbonyl (C=O) groups is 1. The summed E-state index contributed by atoms with van der Waals surface area (Å²) in [6.45, 7) is 5.07. The van der Waals surface area contributed by atoms with Gasteiger partial charge in [-0.2, -0.15) is 16.8 Å². The van der Waals surface area contributed by atoms with Crippen LogP contribution in [0.15, 0.2) is 58.3 Å². The van der Waals surface area contributed by atoms with Crippen LogP contribution in [0.1, 0.15) is 24.5 Å². The molecule has 0 saturated carbocycles. The maximum Gasteiger partial charge on any atom is 0.296 e. The normalized spacial score (nSPS) is 20.2. The van der Waals surface area contributed by atoms with Crippen LogP contribution in [0.5, 0.6) is 0 Å². The SMILES string of the molecule is Cc1ccc(S(=O)(=O)OCC(C)C2NC(=O)C[C@H]2COS(=O)(=O)c2ccc(C)cc2)cc1. The molecule has 2 aromatic rings. The Morgan fingerprint density at radius 2 is 1.34 bits per heavy atom. The summed E-state index contributed by atoms with van der Waals surface area (Å²) in [5.41, 5.74) is 1.85. The largest absolute Gasteiger partial charge is 0.353 e. The summed E-state index contributed by atoms with van der Waals surface area (Å²) in [6.07, 6.45) is 0.0864. The van der Waals surface area contributed by atoms with Crippen molar-refractivity contribution in [2.75, 3.05) is 13.2 Å². The number of nitrogens with one attached hydrogen (secondary N) is 1. The molecule has 1 aliphatic rings. The third-order valence-electron chi connectivity index (χ3n) is 5.44. The van der Waals surface area contributed by atoms with Crippen molar-refractivity contribution >= 4 is 26.1 Å². The maximum absolute atomic E-state index is 12.5. The minimum atomic E-state index is -3.97. The van der Waals surface area contributed by atoms with Crippen LogP contribution in [0.25, 0.3) is 0 Å². The van der Waals surface area contributed by atoms with Gasteiger partial charge < -0.3 is 5.32 Å². The van der Waals surface area contributed by atoms with Gasteiger partial charge in [0.15, 0.2) is 0 Å². The summed E-state index contributed by atoms with van der Waals surface area (Å²) in [5.74, 6) is -1.08.